The third-order valence-corrected chi connectivity index (χ3v) is 5.06. The number of ether oxygens (including phenoxy) is 1. The molecule has 1 aromatic carbocycles. The number of rotatable bonds is 1. The van der Waals surface area contributed by atoms with E-state index in [2.05, 4.69) is 44.9 Å². The highest BCUT2D eigenvalue weighted by molar-refractivity contribution is 5.42. The predicted molar refractivity (Wildman–Crippen MR) is 79.9 cm³/mol. The summed E-state index contributed by atoms with van der Waals surface area (Å²) in [6.07, 6.45) is 1.54. The summed E-state index contributed by atoms with van der Waals surface area (Å²) in [7, 11) is 2.16. The van der Waals surface area contributed by atoms with Gasteiger partial charge in [-0.3, -0.25) is 4.90 Å². The fourth-order valence-corrected chi connectivity index (χ4v) is 4.26. The number of hydrogen-bond donors (Lipinski definition) is 1. The van der Waals surface area contributed by atoms with Gasteiger partial charge in [0.25, 0.3) is 0 Å². The topological polar surface area (TPSA) is 32.7 Å². The van der Waals surface area contributed by atoms with E-state index >= 15 is 0 Å². The lowest BCUT2D eigenvalue weighted by molar-refractivity contribution is -0.138. The maximum Gasteiger partial charge on any atom is 0.0933 e. The number of morpholine rings is 1. The zero-order valence-electron chi connectivity index (χ0n) is 12.9. The van der Waals surface area contributed by atoms with Gasteiger partial charge in [0.15, 0.2) is 0 Å². The number of piperidine rings is 1. The molecule has 3 heteroatoms. The van der Waals surface area contributed by atoms with Gasteiger partial charge in [0.2, 0.25) is 0 Å². The average molecular weight is 275 g/mol. The molecule has 1 aromatic rings. The van der Waals surface area contributed by atoms with Gasteiger partial charge in [-0.2, -0.15) is 0 Å². The van der Waals surface area contributed by atoms with E-state index in [1.165, 1.54) is 16.7 Å². The van der Waals surface area contributed by atoms with E-state index in [0.717, 1.165) is 31.6 Å². The molecule has 2 atom stereocenters. The zero-order chi connectivity index (χ0) is 14.5. The van der Waals surface area contributed by atoms with Gasteiger partial charge >= 0.3 is 0 Å². The summed E-state index contributed by atoms with van der Waals surface area (Å²) in [6, 6.07) is 5.02. The van der Waals surface area contributed by atoms with Crippen LogP contribution in [0.2, 0.25) is 0 Å². The van der Waals surface area contributed by atoms with E-state index in [0.29, 0.717) is 12.1 Å². The van der Waals surface area contributed by atoms with Crippen LogP contribution in [0.25, 0.3) is 0 Å². The molecule has 0 radical (unpaired) electrons. The summed E-state index contributed by atoms with van der Waals surface area (Å²) in [5.74, 6) is 0. The maximum atomic E-state index is 11.3. The van der Waals surface area contributed by atoms with Crippen molar-refractivity contribution in [3.05, 3.63) is 34.4 Å². The molecule has 0 amide bonds. The third-order valence-electron chi connectivity index (χ3n) is 5.06. The quantitative estimate of drug-likeness (QED) is 0.853. The van der Waals surface area contributed by atoms with Crippen LogP contribution in [0.4, 0.5) is 0 Å². The summed E-state index contributed by atoms with van der Waals surface area (Å²) in [5.41, 5.74) is 4.15. The Kier molecular flexibility index (Phi) is 3.39. The molecule has 1 N–H and O–H groups in total. The summed E-state index contributed by atoms with van der Waals surface area (Å²) in [6.45, 7) is 7.83. The van der Waals surface area contributed by atoms with Gasteiger partial charge in [0, 0.05) is 12.1 Å². The molecule has 0 aliphatic carbocycles. The van der Waals surface area contributed by atoms with Gasteiger partial charge in [-0.15, -0.1) is 0 Å². The van der Waals surface area contributed by atoms with E-state index in [1.54, 1.807) is 0 Å². The summed E-state index contributed by atoms with van der Waals surface area (Å²) in [5, 5.41) is 11.3. The first-order chi connectivity index (χ1) is 9.40. The monoisotopic (exact) mass is 275 g/mol. The van der Waals surface area contributed by atoms with Crippen LogP contribution >= 0.6 is 0 Å². The highest BCUT2D eigenvalue weighted by Crippen LogP contribution is 2.42. The number of hydrogen-bond acceptors (Lipinski definition) is 3. The van der Waals surface area contributed by atoms with E-state index in [-0.39, 0.29) is 0 Å². The molecule has 0 saturated carbocycles. The molecule has 110 valence electrons. The molecule has 3 nitrogen and oxygen atoms in total. The summed E-state index contributed by atoms with van der Waals surface area (Å²) >= 11 is 0. The van der Waals surface area contributed by atoms with Gasteiger partial charge in [-0.25, -0.2) is 0 Å². The number of nitrogens with zero attached hydrogens (tertiary/aromatic N) is 1. The Bertz CT molecular complexity index is 489. The van der Waals surface area contributed by atoms with Crippen molar-refractivity contribution in [3.63, 3.8) is 0 Å². The Balaban J connectivity index is 2.01. The fourth-order valence-electron chi connectivity index (χ4n) is 4.26. The van der Waals surface area contributed by atoms with Gasteiger partial charge in [0.1, 0.15) is 0 Å². The molecule has 2 saturated heterocycles. The fraction of sp³-hybridized carbons (Fsp3) is 0.647. The highest BCUT2D eigenvalue weighted by atomic mass is 16.5. The van der Waals surface area contributed by atoms with Crippen LogP contribution < -0.4 is 0 Å². The van der Waals surface area contributed by atoms with E-state index in [4.69, 9.17) is 4.74 Å². The normalized spacial score (nSPS) is 34.2. The Labute approximate surface area is 121 Å². The third kappa shape index (κ3) is 2.18. The van der Waals surface area contributed by atoms with Crippen molar-refractivity contribution in [3.8, 4) is 0 Å². The zero-order valence-corrected chi connectivity index (χ0v) is 12.9. The maximum absolute atomic E-state index is 11.3. The molecule has 0 spiro atoms. The molecule has 2 unspecified atom stereocenters. The second-order valence-corrected chi connectivity index (χ2v) is 6.72. The minimum Gasteiger partial charge on any atom is -0.385 e. The number of benzene rings is 1. The second kappa shape index (κ2) is 4.83. The standard InChI is InChI=1S/C17H25NO2/c1-11-5-12(2)16(13(3)6-11)17(19)7-14-9-20-10-15(8-17)18(14)4/h5-6,14-15,19H,7-10H2,1-4H3. The smallest absolute Gasteiger partial charge is 0.0933 e. The van der Waals surface area contributed by atoms with Crippen LogP contribution in [0.3, 0.4) is 0 Å². The van der Waals surface area contributed by atoms with Crippen LogP contribution in [-0.2, 0) is 10.3 Å². The minimum atomic E-state index is -0.701. The SMILES string of the molecule is Cc1cc(C)c(C2(O)CC3COCC(C2)N3C)c(C)c1. The second-order valence-electron chi connectivity index (χ2n) is 6.72. The van der Waals surface area contributed by atoms with E-state index < -0.39 is 5.60 Å². The lowest BCUT2D eigenvalue weighted by Gasteiger charge is -2.51. The first kappa shape index (κ1) is 14.1. The summed E-state index contributed by atoms with van der Waals surface area (Å²) in [4.78, 5) is 2.39. The van der Waals surface area contributed by atoms with E-state index in [1.807, 2.05) is 0 Å². The number of likely N-dealkylation sites (N-methyl/N-ethyl adjacent to an activating group) is 1. The molecule has 3 rings (SSSR count). The molecular weight excluding hydrogens is 250 g/mol. The largest absolute Gasteiger partial charge is 0.385 e. The molecule has 2 aliphatic heterocycles. The predicted octanol–water partition coefficient (Wildman–Crippen LogP) is 2.29. The Morgan fingerprint density at radius 3 is 2.10 bits per heavy atom. The molecule has 2 aliphatic rings. The average Bonchev–Trinajstić information content (AvgIpc) is 2.30. The van der Waals surface area contributed by atoms with Gasteiger partial charge in [-0.05, 0) is 57.4 Å². The van der Waals surface area contributed by atoms with Crippen LogP contribution in [0, 0.1) is 20.8 Å². The van der Waals surface area contributed by atoms with Crippen LogP contribution in [-0.4, -0.2) is 42.4 Å². The van der Waals surface area contributed by atoms with Crippen molar-refractivity contribution in [1.82, 2.24) is 4.90 Å². The van der Waals surface area contributed by atoms with Crippen molar-refractivity contribution >= 4 is 0 Å². The molecule has 2 bridgehead atoms. The van der Waals surface area contributed by atoms with Crippen LogP contribution in [0.1, 0.15) is 35.1 Å². The molecular formula is C17H25NO2. The van der Waals surface area contributed by atoms with Gasteiger partial charge < -0.3 is 9.84 Å². The van der Waals surface area contributed by atoms with Crippen molar-refractivity contribution in [2.45, 2.75) is 51.3 Å². The highest BCUT2D eigenvalue weighted by Gasteiger charge is 2.46. The van der Waals surface area contributed by atoms with Gasteiger partial charge in [-0.1, -0.05) is 17.7 Å². The lowest BCUT2D eigenvalue weighted by atomic mass is 9.74. The molecule has 2 fully saturated rings. The van der Waals surface area contributed by atoms with E-state index in [9.17, 15) is 5.11 Å². The Hall–Kier alpha value is -0.900. The van der Waals surface area contributed by atoms with Crippen LogP contribution in [0.5, 0.6) is 0 Å². The van der Waals surface area contributed by atoms with Crippen molar-refractivity contribution in [2.75, 3.05) is 20.3 Å². The van der Waals surface area contributed by atoms with Gasteiger partial charge in [0.05, 0.1) is 18.8 Å². The van der Waals surface area contributed by atoms with Crippen molar-refractivity contribution in [2.24, 2.45) is 0 Å². The van der Waals surface area contributed by atoms with Crippen molar-refractivity contribution in [1.29, 1.82) is 0 Å². The first-order valence-corrected chi connectivity index (χ1v) is 7.51. The Morgan fingerprint density at radius 2 is 1.60 bits per heavy atom. The van der Waals surface area contributed by atoms with Crippen molar-refractivity contribution < 1.29 is 9.84 Å². The number of fused-ring (bicyclic) bond motifs is 2. The number of aryl methyl sites for hydroxylation is 3. The minimum absolute atomic E-state index is 0.326. The molecule has 0 aromatic heterocycles. The Morgan fingerprint density at radius 1 is 1.10 bits per heavy atom. The summed E-state index contributed by atoms with van der Waals surface area (Å²) < 4.78 is 5.66. The molecule has 20 heavy (non-hydrogen) atoms. The first-order valence-electron chi connectivity index (χ1n) is 7.51. The van der Waals surface area contributed by atoms with Crippen LogP contribution in [0.15, 0.2) is 12.1 Å². The number of aliphatic hydroxyl groups is 1. The lowest BCUT2D eigenvalue weighted by Crippen LogP contribution is -2.59. The molecule has 2 heterocycles.